The van der Waals surface area contributed by atoms with Crippen molar-refractivity contribution in [2.45, 2.75) is 13.2 Å². The number of benzene rings is 2. The minimum atomic E-state index is -0.394. The predicted octanol–water partition coefficient (Wildman–Crippen LogP) is 3.47. The van der Waals surface area contributed by atoms with E-state index in [0.717, 1.165) is 15.2 Å². The standard InChI is InChI=1S/C15H13FN2OS/c16-11-5-3-4-10(8-17)15(11)19-9-14-18-12-6-1-2-7-13(12)20-14/h1-7H,8-9,17H2. The van der Waals surface area contributed by atoms with Crippen LogP contribution in [0.5, 0.6) is 5.75 Å². The van der Waals surface area contributed by atoms with Gasteiger partial charge in [-0.3, -0.25) is 0 Å². The van der Waals surface area contributed by atoms with Gasteiger partial charge < -0.3 is 10.5 Å². The molecular formula is C15H13FN2OS. The molecule has 3 aromatic rings. The molecule has 0 spiro atoms. The SMILES string of the molecule is NCc1cccc(F)c1OCc1nc2ccccc2s1. The highest BCUT2D eigenvalue weighted by Gasteiger charge is 2.10. The van der Waals surface area contributed by atoms with Crippen LogP contribution >= 0.6 is 11.3 Å². The summed E-state index contributed by atoms with van der Waals surface area (Å²) in [6, 6.07) is 12.6. The number of halogens is 1. The molecule has 102 valence electrons. The molecule has 1 aromatic heterocycles. The number of aromatic nitrogens is 1. The Labute approximate surface area is 119 Å². The first-order chi connectivity index (χ1) is 9.78. The van der Waals surface area contributed by atoms with Crippen molar-refractivity contribution in [2.75, 3.05) is 0 Å². The Morgan fingerprint density at radius 2 is 2.00 bits per heavy atom. The molecule has 0 saturated heterocycles. The first-order valence-corrected chi connectivity index (χ1v) is 7.04. The fourth-order valence-corrected chi connectivity index (χ4v) is 2.87. The van der Waals surface area contributed by atoms with Crippen LogP contribution in [-0.4, -0.2) is 4.98 Å². The molecule has 0 unspecified atom stereocenters. The molecule has 5 heteroatoms. The lowest BCUT2D eigenvalue weighted by Gasteiger charge is -2.09. The lowest BCUT2D eigenvalue weighted by molar-refractivity contribution is 0.286. The van der Waals surface area contributed by atoms with Gasteiger partial charge in [0.25, 0.3) is 0 Å². The Kier molecular flexibility index (Phi) is 3.62. The van der Waals surface area contributed by atoms with E-state index >= 15 is 0 Å². The highest BCUT2D eigenvalue weighted by atomic mass is 32.1. The fraction of sp³-hybridized carbons (Fsp3) is 0.133. The van der Waals surface area contributed by atoms with E-state index in [1.807, 2.05) is 24.3 Å². The summed E-state index contributed by atoms with van der Waals surface area (Å²) < 4.78 is 20.4. The molecular weight excluding hydrogens is 275 g/mol. The van der Waals surface area contributed by atoms with Gasteiger partial charge in [0.15, 0.2) is 11.6 Å². The van der Waals surface area contributed by atoms with E-state index in [9.17, 15) is 4.39 Å². The maximum Gasteiger partial charge on any atom is 0.165 e. The summed E-state index contributed by atoms with van der Waals surface area (Å²) in [6.45, 7) is 0.486. The van der Waals surface area contributed by atoms with E-state index in [0.29, 0.717) is 5.56 Å². The van der Waals surface area contributed by atoms with Crippen molar-refractivity contribution in [1.29, 1.82) is 0 Å². The summed E-state index contributed by atoms with van der Waals surface area (Å²) in [6.07, 6.45) is 0. The fourth-order valence-electron chi connectivity index (χ4n) is 1.99. The van der Waals surface area contributed by atoms with Gasteiger partial charge >= 0.3 is 0 Å². The zero-order valence-electron chi connectivity index (χ0n) is 10.7. The van der Waals surface area contributed by atoms with E-state index in [2.05, 4.69) is 4.98 Å². The van der Waals surface area contributed by atoms with Crippen LogP contribution in [0.4, 0.5) is 4.39 Å². The number of thiazole rings is 1. The summed E-state index contributed by atoms with van der Waals surface area (Å²) >= 11 is 1.55. The molecule has 0 atom stereocenters. The molecule has 0 aliphatic heterocycles. The van der Waals surface area contributed by atoms with Crippen LogP contribution in [0.3, 0.4) is 0 Å². The number of hydrogen-bond donors (Lipinski definition) is 1. The van der Waals surface area contributed by atoms with Crippen molar-refractivity contribution < 1.29 is 9.13 Å². The van der Waals surface area contributed by atoms with Crippen molar-refractivity contribution in [2.24, 2.45) is 5.73 Å². The number of hydrogen-bond acceptors (Lipinski definition) is 4. The lowest BCUT2D eigenvalue weighted by atomic mass is 10.2. The van der Waals surface area contributed by atoms with Gasteiger partial charge in [-0.15, -0.1) is 11.3 Å². The summed E-state index contributed by atoms with van der Waals surface area (Å²) in [5.41, 5.74) is 7.18. The summed E-state index contributed by atoms with van der Waals surface area (Å²) in [4.78, 5) is 4.45. The number of nitrogens with zero attached hydrogens (tertiary/aromatic N) is 1. The number of rotatable bonds is 4. The molecule has 20 heavy (non-hydrogen) atoms. The van der Waals surface area contributed by atoms with Crippen molar-refractivity contribution in [1.82, 2.24) is 4.98 Å². The van der Waals surface area contributed by atoms with E-state index in [4.69, 9.17) is 10.5 Å². The predicted molar refractivity (Wildman–Crippen MR) is 78.2 cm³/mol. The topological polar surface area (TPSA) is 48.1 Å². The molecule has 2 aromatic carbocycles. The van der Waals surface area contributed by atoms with Crippen molar-refractivity contribution in [3.8, 4) is 5.75 Å². The van der Waals surface area contributed by atoms with Gasteiger partial charge in [-0.2, -0.15) is 0 Å². The lowest BCUT2D eigenvalue weighted by Crippen LogP contribution is -2.04. The molecule has 0 aliphatic carbocycles. The minimum absolute atomic E-state index is 0.217. The van der Waals surface area contributed by atoms with Gasteiger partial charge in [-0.05, 0) is 18.2 Å². The molecule has 0 bridgehead atoms. The van der Waals surface area contributed by atoms with Gasteiger partial charge in [-0.25, -0.2) is 9.37 Å². The molecule has 3 rings (SSSR count). The number of nitrogens with two attached hydrogens (primary N) is 1. The van der Waals surface area contributed by atoms with Gasteiger partial charge in [0.1, 0.15) is 11.6 Å². The normalized spacial score (nSPS) is 10.9. The second kappa shape index (κ2) is 5.56. The maximum absolute atomic E-state index is 13.7. The largest absolute Gasteiger partial charge is 0.483 e. The Morgan fingerprint density at radius 1 is 1.15 bits per heavy atom. The number of fused-ring (bicyclic) bond motifs is 1. The molecule has 0 saturated carbocycles. The van der Waals surface area contributed by atoms with Gasteiger partial charge in [-0.1, -0.05) is 24.3 Å². The van der Waals surface area contributed by atoms with Crippen LogP contribution < -0.4 is 10.5 Å². The molecule has 2 N–H and O–H groups in total. The second-order valence-electron chi connectivity index (χ2n) is 4.30. The van der Waals surface area contributed by atoms with E-state index in [1.54, 1.807) is 23.5 Å². The molecule has 0 radical (unpaired) electrons. The van der Waals surface area contributed by atoms with Crippen LogP contribution in [0.25, 0.3) is 10.2 Å². The highest BCUT2D eigenvalue weighted by molar-refractivity contribution is 7.18. The van der Waals surface area contributed by atoms with Crippen LogP contribution in [0.2, 0.25) is 0 Å². The number of ether oxygens (including phenoxy) is 1. The summed E-state index contributed by atoms with van der Waals surface area (Å²) in [7, 11) is 0. The van der Waals surface area contributed by atoms with Gasteiger partial charge in [0.05, 0.1) is 10.2 Å². The van der Waals surface area contributed by atoms with Crippen LogP contribution in [0, 0.1) is 5.82 Å². The smallest absolute Gasteiger partial charge is 0.165 e. The van der Waals surface area contributed by atoms with Gasteiger partial charge in [0, 0.05) is 12.1 Å². The van der Waals surface area contributed by atoms with Crippen LogP contribution in [0.15, 0.2) is 42.5 Å². The van der Waals surface area contributed by atoms with Crippen LogP contribution in [-0.2, 0) is 13.2 Å². The summed E-state index contributed by atoms with van der Waals surface area (Å²) in [5.74, 6) is -0.177. The molecule has 3 nitrogen and oxygen atoms in total. The quantitative estimate of drug-likeness (QED) is 0.799. The number of para-hydroxylation sites is 2. The Morgan fingerprint density at radius 3 is 2.80 bits per heavy atom. The molecule has 0 amide bonds. The molecule has 1 heterocycles. The van der Waals surface area contributed by atoms with Crippen molar-refractivity contribution in [3.05, 3.63) is 58.9 Å². The Hall–Kier alpha value is -1.98. The second-order valence-corrected chi connectivity index (χ2v) is 5.41. The Bertz CT molecular complexity index is 709. The Balaban J connectivity index is 1.82. The minimum Gasteiger partial charge on any atom is -0.483 e. The van der Waals surface area contributed by atoms with Crippen molar-refractivity contribution >= 4 is 21.6 Å². The zero-order chi connectivity index (χ0) is 13.9. The van der Waals surface area contributed by atoms with Gasteiger partial charge in [0.2, 0.25) is 0 Å². The average Bonchev–Trinajstić information content (AvgIpc) is 2.88. The van der Waals surface area contributed by atoms with Crippen molar-refractivity contribution in [3.63, 3.8) is 0 Å². The van der Waals surface area contributed by atoms with E-state index in [-0.39, 0.29) is 18.9 Å². The third kappa shape index (κ3) is 2.50. The third-order valence-electron chi connectivity index (χ3n) is 2.95. The summed E-state index contributed by atoms with van der Waals surface area (Å²) in [5, 5.41) is 0.817. The zero-order valence-corrected chi connectivity index (χ0v) is 11.5. The van der Waals surface area contributed by atoms with E-state index < -0.39 is 5.82 Å². The highest BCUT2D eigenvalue weighted by Crippen LogP contribution is 2.26. The molecule has 0 fully saturated rings. The monoisotopic (exact) mass is 288 g/mol. The maximum atomic E-state index is 13.7. The molecule has 0 aliphatic rings. The first-order valence-electron chi connectivity index (χ1n) is 6.22. The third-order valence-corrected chi connectivity index (χ3v) is 3.96. The van der Waals surface area contributed by atoms with E-state index in [1.165, 1.54) is 6.07 Å². The first kappa shape index (κ1) is 13.0. The average molecular weight is 288 g/mol. The van der Waals surface area contributed by atoms with Crippen LogP contribution in [0.1, 0.15) is 10.6 Å².